The Morgan fingerprint density at radius 1 is 0.880 bits per heavy atom. The molecule has 134 valence electrons. The molecule has 0 saturated heterocycles. The van der Waals surface area contributed by atoms with Crippen LogP contribution in [0.1, 0.15) is 35.3 Å². The second-order valence-electron chi connectivity index (χ2n) is 6.40. The molecule has 0 aliphatic carbocycles. The lowest BCUT2D eigenvalue weighted by Gasteiger charge is -2.18. The van der Waals surface area contributed by atoms with Crippen LogP contribution in [0, 0.1) is 0 Å². The molecular formula is C21H29N3O. The smallest absolute Gasteiger partial charge is 0.251 e. The molecule has 0 aliphatic rings. The molecule has 2 aromatic rings. The van der Waals surface area contributed by atoms with Crippen LogP contribution in [0.25, 0.3) is 0 Å². The molecule has 2 rings (SSSR count). The van der Waals surface area contributed by atoms with Gasteiger partial charge in [-0.2, -0.15) is 0 Å². The maximum absolute atomic E-state index is 12.3. The van der Waals surface area contributed by atoms with Crippen LogP contribution >= 0.6 is 0 Å². The van der Waals surface area contributed by atoms with Crippen molar-refractivity contribution in [2.75, 3.05) is 32.1 Å². The largest absolute Gasteiger partial charge is 0.378 e. The van der Waals surface area contributed by atoms with Gasteiger partial charge >= 0.3 is 0 Å². The van der Waals surface area contributed by atoms with Gasteiger partial charge in [0.15, 0.2) is 0 Å². The Morgan fingerprint density at radius 3 is 1.96 bits per heavy atom. The van der Waals surface area contributed by atoms with Gasteiger partial charge < -0.3 is 10.2 Å². The second kappa shape index (κ2) is 9.23. The standard InChI is InChI=1S/C21H29N3O/c1-5-24(6-2)16-18-7-11-19(12-8-18)21(25)22-15-17-9-13-20(14-10-17)23(3)4/h7-14H,5-6,15-16H2,1-4H3,(H,22,25). The number of carbonyl (C=O) groups is 1. The van der Waals surface area contributed by atoms with Crippen molar-refractivity contribution in [3.63, 3.8) is 0 Å². The van der Waals surface area contributed by atoms with E-state index in [2.05, 4.69) is 41.1 Å². The Kier molecular flexibility index (Phi) is 7.02. The zero-order chi connectivity index (χ0) is 18.2. The van der Waals surface area contributed by atoms with Gasteiger partial charge in [0.05, 0.1) is 0 Å². The first kappa shape index (κ1) is 19.0. The average Bonchev–Trinajstić information content (AvgIpc) is 2.65. The van der Waals surface area contributed by atoms with E-state index >= 15 is 0 Å². The summed E-state index contributed by atoms with van der Waals surface area (Å²) >= 11 is 0. The first-order chi connectivity index (χ1) is 12.0. The maximum Gasteiger partial charge on any atom is 0.251 e. The van der Waals surface area contributed by atoms with Gasteiger partial charge in [-0.1, -0.05) is 38.1 Å². The molecule has 0 fully saturated rings. The molecule has 0 spiro atoms. The number of rotatable bonds is 8. The SMILES string of the molecule is CCN(CC)Cc1ccc(C(=O)NCc2ccc(N(C)C)cc2)cc1. The van der Waals surface area contributed by atoms with Crippen molar-refractivity contribution in [2.24, 2.45) is 0 Å². The van der Waals surface area contributed by atoms with Crippen LogP contribution in [-0.2, 0) is 13.1 Å². The molecule has 0 heterocycles. The van der Waals surface area contributed by atoms with E-state index in [1.165, 1.54) is 5.56 Å². The summed E-state index contributed by atoms with van der Waals surface area (Å²) in [6.45, 7) is 7.85. The van der Waals surface area contributed by atoms with Gasteiger partial charge in [0.1, 0.15) is 0 Å². The molecule has 4 nitrogen and oxygen atoms in total. The minimum absolute atomic E-state index is 0.0360. The van der Waals surface area contributed by atoms with Crippen molar-refractivity contribution < 1.29 is 4.79 Å². The molecule has 2 aromatic carbocycles. The lowest BCUT2D eigenvalue weighted by atomic mass is 10.1. The molecule has 0 saturated carbocycles. The number of amides is 1. The molecule has 0 aliphatic heterocycles. The third-order valence-corrected chi connectivity index (χ3v) is 4.42. The number of anilines is 1. The quantitative estimate of drug-likeness (QED) is 0.799. The molecule has 0 aromatic heterocycles. The number of nitrogens with one attached hydrogen (secondary N) is 1. The predicted molar refractivity (Wildman–Crippen MR) is 105 cm³/mol. The molecule has 25 heavy (non-hydrogen) atoms. The lowest BCUT2D eigenvalue weighted by molar-refractivity contribution is 0.0951. The number of nitrogens with zero attached hydrogens (tertiary/aromatic N) is 2. The van der Waals surface area contributed by atoms with E-state index in [0.717, 1.165) is 30.9 Å². The first-order valence-corrected chi connectivity index (χ1v) is 8.89. The summed E-state index contributed by atoms with van der Waals surface area (Å²) in [5, 5.41) is 2.98. The van der Waals surface area contributed by atoms with Gasteiger partial charge in [-0.3, -0.25) is 9.69 Å². The van der Waals surface area contributed by atoms with Crippen molar-refractivity contribution in [1.82, 2.24) is 10.2 Å². The van der Waals surface area contributed by atoms with E-state index in [-0.39, 0.29) is 5.91 Å². The van der Waals surface area contributed by atoms with Crippen molar-refractivity contribution in [3.05, 3.63) is 65.2 Å². The molecule has 0 unspecified atom stereocenters. The zero-order valence-corrected chi connectivity index (χ0v) is 15.7. The van der Waals surface area contributed by atoms with Crippen molar-refractivity contribution in [1.29, 1.82) is 0 Å². The predicted octanol–water partition coefficient (Wildman–Crippen LogP) is 3.52. The molecular weight excluding hydrogens is 310 g/mol. The Balaban J connectivity index is 1.90. The van der Waals surface area contributed by atoms with Crippen LogP contribution in [0.3, 0.4) is 0 Å². The van der Waals surface area contributed by atoms with Crippen LogP contribution in [-0.4, -0.2) is 38.0 Å². The average molecular weight is 339 g/mol. The topological polar surface area (TPSA) is 35.6 Å². The second-order valence-corrected chi connectivity index (χ2v) is 6.40. The van der Waals surface area contributed by atoms with Gasteiger partial charge in [0.2, 0.25) is 0 Å². The summed E-state index contributed by atoms with van der Waals surface area (Å²) in [6, 6.07) is 16.1. The van der Waals surface area contributed by atoms with Gasteiger partial charge in [-0.25, -0.2) is 0 Å². The van der Waals surface area contributed by atoms with Crippen LogP contribution in [0.4, 0.5) is 5.69 Å². The van der Waals surface area contributed by atoms with Crippen LogP contribution in [0.15, 0.2) is 48.5 Å². The van der Waals surface area contributed by atoms with Crippen molar-refractivity contribution >= 4 is 11.6 Å². The molecule has 0 radical (unpaired) electrons. The van der Waals surface area contributed by atoms with E-state index in [1.807, 2.05) is 50.5 Å². The fourth-order valence-corrected chi connectivity index (χ4v) is 2.66. The van der Waals surface area contributed by atoms with Gasteiger partial charge in [0, 0.05) is 38.4 Å². The van der Waals surface area contributed by atoms with Crippen LogP contribution in [0.2, 0.25) is 0 Å². The highest BCUT2D eigenvalue weighted by atomic mass is 16.1. The summed E-state index contributed by atoms with van der Waals surface area (Å²) in [6.07, 6.45) is 0. The molecule has 0 atom stereocenters. The fraction of sp³-hybridized carbons (Fsp3) is 0.381. The lowest BCUT2D eigenvalue weighted by Crippen LogP contribution is -2.23. The molecule has 1 amide bonds. The molecule has 1 N–H and O–H groups in total. The van der Waals surface area contributed by atoms with Gasteiger partial charge in [-0.15, -0.1) is 0 Å². The minimum Gasteiger partial charge on any atom is -0.378 e. The monoisotopic (exact) mass is 339 g/mol. The van der Waals surface area contributed by atoms with E-state index in [0.29, 0.717) is 12.1 Å². The Hall–Kier alpha value is -2.33. The van der Waals surface area contributed by atoms with E-state index in [4.69, 9.17) is 0 Å². The maximum atomic E-state index is 12.3. The third kappa shape index (κ3) is 5.61. The van der Waals surface area contributed by atoms with Crippen LogP contribution < -0.4 is 10.2 Å². The van der Waals surface area contributed by atoms with Gasteiger partial charge in [0.25, 0.3) is 5.91 Å². The normalized spacial score (nSPS) is 10.8. The van der Waals surface area contributed by atoms with Crippen molar-refractivity contribution in [2.45, 2.75) is 26.9 Å². The highest BCUT2D eigenvalue weighted by Crippen LogP contribution is 2.12. The Morgan fingerprint density at radius 2 is 1.44 bits per heavy atom. The number of hydrogen-bond donors (Lipinski definition) is 1. The molecule has 4 heteroatoms. The highest BCUT2D eigenvalue weighted by Gasteiger charge is 2.07. The summed E-state index contributed by atoms with van der Waals surface area (Å²) in [7, 11) is 4.03. The Bertz CT molecular complexity index is 659. The summed E-state index contributed by atoms with van der Waals surface area (Å²) < 4.78 is 0. The van der Waals surface area contributed by atoms with Gasteiger partial charge in [-0.05, 0) is 48.5 Å². The first-order valence-electron chi connectivity index (χ1n) is 8.89. The van der Waals surface area contributed by atoms with Crippen molar-refractivity contribution in [3.8, 4) is 0 Å². The molecule has 0 bridgehead atoms. The van der Waals surface area contributed by atoms with Crippen LogP contribution in [0.5, 0.6) is 0 Å². The zero-order valence-electron chi connectivity index (χ0n) is 15.7. The van der Waals surface area contributed by atoms with E-state index in [9.17, 15) is 4.79 Å². The Labute approximate surface area is 151 Å². The number of benzene rings is 2. The highest BCUT2D eigenvalue weighted by molar-refractivity contribution is 5.94. The summed E-state index contributed by atoms with van der Waals surface area (Å²) in [5.41, 5.74) is 4.18. The number of hydrogen-bond acceptors (Lipinski definition) is 3. The summed E-state index contributed by atoms with van der Waals surface area (Å²) in [5.74, 6) is -0.0360. The van der Waals surface area contributed by atoms with E-state index in [1.54, 1.807) is 0 Å². The number of carbonyl (C=O) groups excluding carboxylic acids is 1. The minimum atomic E-state index is -0.0360. The summed E-state index contributed by atoms with van der Waals surface area (Å²) in [4.78, 5) is 16.7. The third-order valence-electron chi connectivity index (χ3n) is 4.42. The fourth-order valence-electron chi connectivity index (χ4n) is 2.66. The van der Waals surface area contributed by atoms with E-state index < -0.39 is 0 Å².